The minimum Gasteiger partial charge on any atom is -0.504 e. The van der Waals surface area contributed by atoms with Crippen LogP contribution in [0.3, 0.4) is 0 Å². The molecule has 0 unspecified atom stereocenters. The van der Waals surface area contributed by atoms with Crippen LogP contribution in [0.4, 0.5) is 0 Å². The molecule has 112 valence electrons. The van der Waals surface area contributed by atoms with Crippen LogP contribution in [0.15, 0.2) is 18.2 Å². The number of phenols is 1. The van der Waals surface area contributed by atoms with E-state index in [1.165, 1.54) is 13.2 Å². The maximum atomic E-state index is 11.9. The van der Waals surface area contributed by atoms with Crippen LogP contribution in [-0.4, -0.2) is 49.2 Å². The van der Waals surface area contributed by atoms with Gasteiger partial charge in [-0.3, -0.25) is 4.79 Å². The molecule has 1 amide bonds. The molecular weight excluding hydrogens is 256 g/mol. The fourth-order valence-corrected chi connectivity index (χ4v) is 1.72. The monoisotopic (exact) mass is 280 g/mol. The van der Waals surface area contributed by atoms with E-state index in [1.54, 1.807) is 12.1 Å². The average molecular weight is 280 g/mol. The Kier molecular flexibility index (Phi) is 6.31. The normalized spacial score (nSPS) is 10.9. The number of carbonyl (C=O) groups is 1. The van der Waals surface area contributed by atoms with Crippen LogP contribution in [0.25, 0.3) is 0 Å². The Hall–Kier alpha value is -1.75. The van der Waals surface area contributed by atoms with E-state index in [0.29, 0.717) is 23.9 Å². The summed E-state index contributed by atoms with van der Waals surface area (Å²) in [6.45, 7) is 5.83. The summed E-state index contributed by atoms with van der Waals surface area (Å²) in [6.07, 6.45) is 0.891. The van der Waals surface area contributed by atoms with Gasteiger partial charge in [0.05, 0.1) is 7.11 Å². The molecule has 0 bridgehead atoms. The largest absolute Gasteiger partial charge is 0.504 e. The van der Waals surface area contributed by atoms with Gasteiger partial charge < -0.3 is 20.1 Å². The van der Waals surface area contributed by atoms with E-state index in [4.69, 9.17) is 4.74 Å². The van der Waals surface area contributed by atoms with Gasteiger partial charge in [-0.25, -0.2) is 0 Å². The molecule has 0 fully saturated rings. The molecule has 0 saturated heterocycles. The van der Waals surface area contributed by atoms with E-state index in [9.17, 15) is 9.90 Å². The smallest absolute Gasteiger partial charge is 0.251 e. The van der Waals surface area contributed by atoms with Gasteiger partial charge in [0.1, 0.15) is 0 Å². The number of ether oxygens (including phenoxy) is 1. The van der Waals surface area contributed by atoms with Crippen molar-refractivity contribution in [1.82, 2.24) is 10.2 Å². The van der Waals surface area contributed by atoms with E-state index >= 15 is 0 Å². The third-order valence-electron chi connectivity index (χ3n) is 3.30. The first-order chi connectivity index (χ1) is 9.45. The van der Waals surface area contributed by atoms with Crippen molar-refractivity contribution < 1.29 is 14.6 Å². The molecule has 0 saturated carbocycles. The number of nitrogens with one attached hydrogen (secondary N) is 1. The molecule has 0 spiro atoms. The van der Waals surface area contributed by atoms with Crippen molar-refractivity contribution in [3.63, 3.8) is 0 Å². The summed E-state index contributed by atoms with van der Waals surface area (Å²) in [7, 11) is 3.54. The number of benzene rings is 1. The lowest BCUT2D eigenvalue weighted by Gasteiger charge is -2.20. The van der Waals surface area contributed by atoms with E-state index in [-0.39, 0.29) is 11.7 Å². The van der Waals surface area contributed by atoms with Gasteiger partial charge in [-0.15, -0.1) is 0 Å². The van der Waals surface area contributed by atoms with Gasteiger partial charge in [0.15, 0.2) is 11.5 Å². The van der Waals surface area contributed by atoms with Crippen LogP contribution < -0.4 is 10.1 Å². The van der Waals surface area contributed by atoms with Crippen molar-refractivity contribution in [2.24, 2.45) is 0 Å². The molecule has 20 heavy (non-hydrogen) atoms. The highest BCUT2D eigenvalue weighted by Gasteiger charge is 2.09. The number of aromatic hydroxyl groups is 1. The van der Waals surface area contributed by atoms with E-state index in [2.05, 4.69) is 31.1 Å². The zero-order valence-corrected chi connectivity index (χ0v) is 12.6. The zero-order chi connectivity index (χ0) is 15.1. The third kappa shape index (κ3) is 4.74. The number of phenolic OH excluding ortho intramolecular Hbond substituents is 1. The first-order valence-electron chi connectivity index (χ1n) is 6.81. The van der Waals surface area contributed by atoms with Crippen molar-refractivity contribution in [2.45, 2.75) is 26.3 Å². The topological polar surface area (TPSA) is 61.8 Å². The highest BCUT2D eigenvalue weighted by Crippen LogP contribution is 2.25. The van der Waals surface area contributed by atoms with Crippen LogP contribution in [0.2, 0.25) is 0 Å². The number of nitrogens with zero attached hydrogens (tertiary/aromatic N) is 1. The summed E-state index contributed by atoms with van der Waals surface area (Å²) < 4.78 is 4.94. The van der Waals surface area contributed by atoms with Gasteiger partial charge in [0.25, 0.3) is 5.91 Å². The van der Waals surface area contributed by atoms with Crippen LogP contribution in [0.1, 0.15) is 30.6 Å². The minimum atomic E-state index is -0.185. The third-order valence-corrected chi connectivity index (χ3v) is 3.30. The standard InChI is InChI=1S/C15H24N2O3/c1-11(2)17(3)9-5-8-16-15(19)12-6-7-14(20-4)13(18)10-12/h6-7,10-11,18H,5,8-9H2,1-4H3,(H,16,19). The summed E-state index contributed by atoms with van der Waals surface area (Å²) in [5, 5.41) is 12.5. The summed E-state index contributed by atoms with van der Waals surface area (Å²) in [5.41, 5.74) is 0.431. The van der Waals surface area contributed by atoms with Crippen LogP contribution >= 0.6 is 0 Å². The second kappa shape index (κ2) is 7.75. The molecule has 0 aliphatic carbocycles. The van der Waals surface area contributed by atoms with Crippen molar-refractivity contribution in [1.29, 1.82) is 0 Å². The molecule has 0 aromatic heterocycles. The SMILES string of the molecule is COc1ccc(C(=O)NCCCN(C)C(C)C)cc1O. The molecule has 0 heterocycles. The lowest BCUT2D eigenvalue weighted by Crippen LogP contribution is -2.31. The fraction of sp³-hybridized carbons (Fsp3) is 0.533. The number of amides is 1. The fourth-order valence-electron chi connectivity index (χ4n) is 1.72. The summed E-state index contributed by atoms with van der Waals surface area (Å²) in [5.74, 6) is 0.148. The number of rotatable bonds is 7. The minimum absolute atomic E-state index is 0.0281. The lowest BCUT2D eigenvalue weighted by molar-refractivity contribution is 0.0951. The Morgan fingerprint density at radius 3 is 2.70 bits per heavy atom. The summed E-state index contributed by atoms with van der Waals surface area (Å²) in [6, 6.07) is 5.13. The van der Waals surface area contributed by atoms with Crippen LogP contribution in [0, 0.1) is 0 Å². The Balaban J connectivity index is 2.41. The Morgan fingerprint density at radius 1 is 1.45 bits per heavy atom. The van der Waals surface area contributed by atoms with E-state index < -0.39 is 0 Å². The Bertz CT molecular complexity index is 447. The molecular formula is C15H24N2O3. The molecule has 1 rings (SSSR count). The van der Waals surface area contributed by atoms with Gasteiger partial charge in [0, 0.05) is 18.2 Å². The number of hydrogen-bond acceptors (Lipinski definition) is 4. The van der Waals surface area contributed by atoms with Crippen LogP contribution in [-0.2, 0) is 0 Å². The summed E-state index contributed by atoms with van der Waals surface area (Å²) in [4.78, 5) is 14.1. The van der Waals surface area contributed by atoms with Crippen molar-refractivity contribution in [3.05, 3.63) is 23.8 Å². The molecule has 5 heteroatoms. The van der Waals surface area contributed by atoms with Crippen molar-refractivity contribution in [2.75, 3.05) is 27.2 Å². The molecule has 0 radical (unpaired) electrons. The second-order valence-corrected chi connectivity index (χ2v) is 5.07. The molecule has 0 aliphatic heterocycles. The Labute approximate surface area is 120 Å². The second-order valence-electron chi connectivity index (χ2n) is 5.07. The van der Waals surface area contributed by atoms with Crippen LogP contribution in [0.5, 0.6) is 11.5 Å². The first kappa shape index (κ1) is 16.3. The molecule has 0 aliphatic rings. The van der Waals surface area contributed by atoms with Gasteiger partial charge in [-0.05, 0) is 52.1 Å². The van der Waals surface area contributed by atoms with Crippen molar-refractivity contribution in [3.8, 4) is 11.5 Å². The molecule has 2 N–H and O–H groups in total. The highest BCUT2D eigenvalue weighted by molar-refractivity contribution is 5.94. The Morgan fingerprint density at radius 2 is 2.15 bits per heavy atom. The maximum Gasteiger partial charge on any atom is 0.251 e. The predicted octanol–water partition coefficient (Wildman–Crippen LogP) is 1.86. The number of methoxy groups -OCH3 is 1. The van der Waals surface area contributed by atoms with E-state index in [1.807, 2.05) is 0 Å². The van der Waals surface area contributed by atoms with E-state index in [0.717, 1.165) is 13.0 Å². The maximum absolute atomic E-state index is 11.9. The van der Waals surface area contributed by atoms with Gasteiger partial charge in [-0.1, -0.05) is 0 Å². The lowest BCUT2D eigenvalue weighted by atomic mass is 10.2. The first-order valence-corrected chi connectivity index (χ1v) is 6.81. The van der Waals surface area contributed by atoms with Crippen molar-refractivity contribution >= 4 is 5.91 Å². The highest BCUT2D eigenvalue weighted by atomic mass is 16.5. The molecule has 1 aromatic carbocycles. The zero-order valence-electron chi connectivity index (χ0n) is 12.6. The quantitative estimate of drug-likeness (QED) is 0.748. The summed E-state index contributed by atoms with van der Waals surface area (Å²) >= 11 is 0. The number of carbonyl (C=O) groups excluding carboxylic acids is 1. The van der Waals surface area contributed by atoms with Gasteiger partial charge in [0.2, 0.25) is 0 Å². The molecule has 0 atom stereocenters. The molecule has 1 aromatic rings. The molecule has 5 nitrogen and oxygen atoms in total. The number of hydrogen-bond donors (Lipinski definition) is 2. The van der Waals surface area contributed by atoms with Gasteiger partial charge >= 0.3 is 0 Å². The predicted molar refractivity (Wildman–Crippen MR) is 79.4 cm³/mol. The van der Waals surface area contributed by atoms with Gasteiger partial charge in [-0.2, -0.15) is 0 Å². The average Bonchev–Trinajstić information content (AvgIpc) is 2.42.